The van der Waals surface area contributed by atoms with Gasteiger partial charge >= 0.3 is 0 Å². The molecule has 2 heterocycles. The number of hydrogen-bond donors (Lipinski definition) is 2. The quantitative estimate of drug-likeness (QED) is 0.672. The van der Waals surface area contributed by atoms with Crippen molar-refractivity contribution in [3.8, 4) is 11.1 Å². The lowest BCUT2D eigenvalue weighted by Crippen LogP contribution is -2.87. The second-order valence-corrected chi connectivity index (χ2v) is 6.59. The smallest absolute Gasteiger partial charge is 0.257 e. The Morgan fingerprint density at radius 2 is 1.63 bits per heavy atom. The number of amides is 1. The number of aromatic carboxylic acids is 1. The molecule has 0 saturated carbocycles. The SMILES string of the molecule is C1COCC[NH2+]1.O=C(Nc1ccccc1C(=O)[O-])c1cncc(-c2ccccc2)c1. The number of carboxylic acids is 1. The number of carbonyl (C=O) groups excluding carboxylic acids is 2. The maximum atomic E-state index is 12.4. The Hall–Kier alpha value is -3.55. The zero-order valence-electron chi connectivity index (χ0n) is 16.4. The van der Waals surface area contributed by atoms with Crippen molar-refractivity contribution in [1.29, 1.82) is 0 Å². The Morgan fingerprint density at radius 3 is 2.27 bits per heavy atom. The van der Waals surface area contributed by atoms with E-state index in [2.05, 4.69) is 15.6 Å². The first-order valence-electron chi connectivity index (χ1n) is 9.67. The summed E-state index contributed by atoms with van der Waals surface area (Å²) in [4.78, 5) is 27.6. The van der Waals surface area contributed by atoms with E-state index in [0.717, 1.165) is 37.4 Å². The zero-order chi connectivity index (χ0) is 21.2. The van der Waals surface area contributed by atoms with Gasteiger partial charge in [-0.25, -0.2) is 0 Å². The van der Waals surface area contributed by atoms with Crippen LogP contribution in [-0.2, 0) is 4.74 Å². The number of nitrogens with two attached hydrogens (primary N) is 1. The molecule has 3 N–H and O–H groups in total. The summed E-state index contributed by atoms with van der Waals surface area (Å²) in [7, 11) is 0. The van der Waals surface area contributed by atoms with Crippen LogP contribution in [0, 0.1) is 0 Å². The average Bonchev–Trinajstić information content (AvgIpc) is 2.81. The highest BCUT2D eigenvalue weighted by Crippen LogP contribution is 2.20. The van der Waals surface area contributed by atoms with E-state index in [1.165, 1.54) is 18.3 Å². The molecule has 30 heavy (non-hydrogen) atoms. The number of nitrogens with zero attached hydrogens (tertiary/aromatic N) is 1. The molecule has 2 aromatic carbocycles. The molecule has 0 spiro atoms. The molecule has 1 aliphatic heterocycles. The van der Waals surface area contributed by atoms with Crippen LogP contribution in [0.4, 0.5) is 5.69 Å². The molecule has 0 aliphatic carbocycles. The molecule has 0 radical (unpaired) electrons. The number of pyridine rings is 1. The van der Waals surface area contributed by atoms with E-state index in [1.54, 1.807) is 24.4 Å². The maximum Gasteiger partial charge on any atom is 0.257 e. The van der Waals surface area contributed by atoms with Crippen LogP contribution < -0.4 is 15.7 Å². The van der Waals surface area contributed by atoms with E-state index in [4.69, 9.17) is 4.74 Å². The number of morpholine rings is 1. The summed E-state index contributed by atoms with van der Waals surface area (Å²) in [5.41, 5.74) is 2.20. The van der Waals surface area contributed by atoms with E-state index < -0.39 is 11.9 Å². The average molecular weight is 405 g/mol. The molecule has 0 unspecified atom stereocenters. The summed E-state index contributed by atoms with van der Waals surface area (Å²) >= 11 is 0. The Morgan fingerprint density at radius 1 is 0.933 bits per heavy atom. The predicted molar refractivity (Wildman–Crippen MR) is 111 cm³/mol. The molecule has 0 atom stereocenters. The molecule has 7 nitrogen and oxygen atoms in total. The number of benzene rings is 2. The van der Waals surface area contributed by atoms with Gasteiger partial charge in [0, 0.05) is 23.5 Å². The molecule has 0 bridgehead atoms. The number of nitrogens with one attached hydrogen (secondary N) is 1. The summed E-state index contributed by atoms with van der Waals surface area (Å²) in [6.45, 7) is 4.19. The lowest BCUT2D eigenvalue weighted by atomic mass is 10.1. The fourth-order valence-corrected chi connectivity index (χ4v) is 2.90. The molecule has 1 saturated heterocycles. The van der Waals surface area contributed by atoms with Gasteiger partial charge in [0.2, 0.25) is 0 Å². The first kappa shape index (κ1) is 21.2. The van der Waals surface area contributed by atoms with Gasteiger partial charge in [0.25, 0.3) is 5.91 Å². The zero-order valence-corrected chi connectivity index (χ0v) is 16.4. The molecule has 154 valence electrons. The fourth-order valence-electron chi connectivity index (χ4n) is 2.90. The summed E-state index contributed by atoms with van der Waals surface area (Å²) < 4.78 is 5.04. The summed E-state index contributed by atoms with van der Waals surface area (Å²) in [6.07, 6.45) is 3.10. The minimum absolute atomic E-state index is 0.0713. The summed E-state index contributed by atoms with van der Waals surface area (Å²) in [5.74, 6) is -1.78. The monoisotopic (exact) mass is 405 g/mol. The van der Waals surface area contributed by atoms with Crippen molar-refractivity contribution in [3.05, 3.63) is 84.2 Å². The molecular weight excluding hydrogens is 382 g/mol. The van der Waals surface area contributed by atoms with Crippen LogP contribution in [0.25, 0.3) is 11.1 Å². The third-order valence-electron chi connectivity index (χ3n) is 4.44. The second-order valence-electron chi connectivity index (χ2n) is 6.59. The Bertz CT molecular complexity index is 977. The highest BCUT2D eigenvalue weighted by Gasteiger charge is 2.11. The van der Waals surface area contributed by atoms with E-state index >= 15 is 0 Å². The number of ether oxygens (including phenoxy) is 1. The summed E-state index contributed by atoms with van der Waals surface area (Å²) in [5, 5.41) is 16.0. The van der Waals surface area contributed by atoms with Crippen LogP contribution in [0.2, 0.25) is 0 Å². The first-order chi connectivity index (χ1) is 14.6. The lowest BCUT2D eigenvalue weighted by Gasteiger charge is -2.12. The molecule has 1 aliphatic rings. The maximum absolute atomic E-state index is 12.4. The van der Waals surface area contributed by atoms with Crippen LogP contribution in [0.3, 0.4) is 0 Å². The number of anilines is 1. The van der Waals surface area contributed by atoms with Gasteiger partial charge in [-0.05, 0) is 17.7 Å². The topological polar surface area (TPSA) is 108 Å². The standard InChI is InChI=1S/C19H14N2O3.C4H9NO/c22-18(21-17-9-5-4-8-16(17)19(23)24)15-10-14(11-20-12-15)13-6-2-1-3-7-13;1-3-6-4-2-5-1/h1-12H,(H,21,22)(H,23,24);5H,1-4H2. The van der Waals surface area contributed by atoms with Crippen molar-refractivity contribution < 1.29 is 24.7 Å². The van der Waals surface area contributed by atoms with Crippen molar-refractivity contribution in [3.63, 3.8) is 0 Å². The van der Waals surface area contributed by atoms with Crippen molar-refractivity contribution in [2.75, 3.05) is 31.6 Å². The Kier molecular flexibility index (Phi) is 7.65. The number of aromatic nitrogens is 1. The third-order valence-corrected chi connectivity index (χ3v) is 4.44. The normalized spacial score (nSPS) is 12.9. The van der Waals surface area contributed by atoms with Gasteiger partial charge in [-0.1, -0.05) is 48.5 Å². The van der Waals surface area contributed by atoms with Crippen molar-refractivity contribution in [2.24, 2.45) is 0 Å². The van der Waals surface area contributed by atoms with Crippen LogP contribution in [0.5, 0.6) is 0 Å². The largest absolute Gasteiger partial charge is 0.545 e. The molecule has 1 aromatic heterocycles. The minimum Gasteiger partial charge on any atom is -0.545 e. The van der Waals surface area contributed by atoms with Crippen molar-refractivity contribution >= 4 is 17.6 Å². The van der Waals surface area contributed by atoms with Gasteiger partial charge in [-0.3, -0.25) is 9.78 Å². The summed E-state index contributed by atoms with van der Waals surface area (Å²) in [6, 6.07) is 17.4. The number of rotatable bonds is 4. The predicted octanol–water partition coefficient (Wildman–Crippen LogP) is 0.944. The van der Waals surface area contributed by atoms with Crippen LogP contribution in [0.15, 0.2) is 73.1 Å². The highest BCUT2D eigenvalue weighted by atomic mass is 16.5. The van der Waals surface area contributed by atoms with Crippen molar-refractivity contribution in [2.45, 2.75) is 0 Å². The molecular formula is C23H23N3O4. The lowest BCUT2D eigenvalue weighted by molar-refractivity contribution is -0.670. The van der Waals surface area contributed by atoms with Gasteiger partial charge < -0.3 is 25.3 Å². The molecule has 3 aromatic rings. The molecule has 7 heteroatoms. The van der Waals surface area contributed by atoms with Gasteiger partial charge in [0.15, 0.2) is 0 Å². The van der Waals surface area contributed by atoms with E-state index in [-0.39, 0.29) is 11.3 Å². The molecule has 4 rings (SSSR count). The number of para-hydroxylation sites is 1. The second kappa shape index (κ2) is 10.8. The van der Waals surface area contributed by atoms with Gasteiger partial charge in [-0.15, -0.1) is 0 Å². The first-order valence-corrected chi connectivity index (χ1v) is 9.67. The third kappa shape index (κ3) is 5.97. The number of carbonyl (C=O) groups is 2. The van der Waals surface area contributed by atoms with Gasteiger partial charge in [0.1, 0.15) is 0 Å². The van der Waals surface area contributed by atoms with E-state index in [9.17, 15) is 14.7 Å². The van der Waals surface area contributed by atoms with Crippen LogP contribution in [0.1, 0.15) is 20.7 Å². The number of carboxylic acid groups (broad SMARTS) is 1. The Balaban J connectivity index is 0.000000367. The fraction of sp³-hybridized carbons (Fsp3) is 0.174. The molecule has 1 amide bonds. The minimum atomic E-state index is -1.35. The van der Waals surface area contributed by atoms with Crippen molar-refractivity contribution in [1.82, 2.24) is 4.98 Å². The van der Waals surface area contributed by atoms with Crippen LogP contribution in [-0.4, -0.2) is 43.2 Å². The van der Waals surface area contributed by atoms with E-state index in [1.807, 2.05) is 30.3 Å². The Labute approximate surface area is 174 Å². The number of hydrogen-bond acceptors (Lipinski definition) is 5. The molecule has 1 fully saturated rings. The van der Waals surface area contributed by atoms with E-state index in [0.29, 0.717) is 5.56 Å². The van der Waals surface area contributed by atoms with Crippen LogP contribution >= 0.6 is 0 Å². The van der Waals surface area contributed by atoms with Gasteiger partial charge in [0.05, 0.1) is 43.5 Å². The highest BCUT2D eigenvalue weighted by molar-refractivity contribution is 6.07. The van der Waals surface area contributed by atoms with Gasteiger partial charge in [-0.2, -0.15) is 0 Å². The number of quaternary nitrogens is 1.